The van der Waals surface area contributed by atoms with Gasteiger partial charge >= 0.3 is 0 Å². The molecule has 3 rings (SSSR count). The molecule has 2 heterocycles. The highest BCUT2D eigenvalue weighted by atomic mass is 16.2. The molecule has 1 saturated heterocycles. The second kappa shape index (κ2) is 6.89. The summed E-state index contributed by atoms with van der Waals surface area (Å²) in [7, 11) is 0. The zero-order valence-electron chi connectivity index (χ0n) is 13.8. The van der Waals surface area contributed by atoms with E-state index in [1.807, 2.05) is 11.8 Å². The Labute approximate surface area is 136 Å². The maximum atomic E-state index is 12.5. The number of nitrogens with zero attached hydrogens (tertiary/aromatic N) is 5. The van der Waals surface area contributed by atoms with Crippen LogP contribution in [0.3, 0.4) is 0 Å². The lowest BCUT2D eigenvalue weighted by Crippen LogP contribution is -2.39. The molecule has 23 heavy (non-hydrogen) atoms. The van der Waals surface area contributed by atoms with Gasteiger partial charge in [-0.05, 0) is 42.7 Å². The first kappa shape index (κ1) is 15.6. The Bertz CT molecular complexity index is 681. The van der Waals surface area contributed by atoms with Gasteiger partial charge in [0.15, 0.2) is 0 Å². The summed E-state index contributed by atoms with van der Waals surface area (Å²) in [5, 5.41) is 11.3. The molecule has 1 aliphatic rings. The van der Waals surface area contributed by atoms with Gasteiger partial charge < -0.3 is 4.90 Å². The van der Waals surface area contributed by atoms with Crippen LogP contribution in [0.2, 0.25) is 0 Å². The minimum absolute atomic E-state index is 0.192. The van der Waals surface area contributed by atoms with Crippen LogP contribution in [0.15, 0.2) is 24.3 Å². The third kappa shape index (κ3) is 3.75. The van der Waals surface area contributed by atoms with E-state index in [0.717, 1.165) is 31.8 Å². The van der Waals surface area contributed by atoms with E-state index in [1.165, 1.54) is 11.1 Å². The number of piperidine rings is 1. The topological polar surface area (TPSA) is 63.9 Å². The lowest BCUT2D eigenvalue weighted by molar-refractivity contribution is -0.132. The molecule has 0 bridgehead atoms. The van der Waals surface area contributed by atoms with Crippen LogP contribution in [0.5, 0.6) is 0 Å². The average Bonchev–Trinajstić information content (AvgIpc) is 2.98. The van der Waals surface area contributed by atoms with Gasteiger partial charge in [0.2, 0.25) is 5.91 Å². The monoisotopic (exact) mass is 313 g/mol. The van der Waals surface area contributed by atoms with Crippen molar-refractivity contribution in [2.75, 3.05) is 13.1 Å². The van der Waals surface area contributed by atoms with Crippen molar-refractivity contribution in [1.82, 2.24) is 25.1 Å². The van der Waals surface area contributed by atoms with Gasteiger partial charge in [-0.2, -0.15) is 0 Å². The van der Waals surface area contributed by atoms with Crippen molar-refractivity contribution in [3.8, 4) is 0 Å². The van der Waals surface area contributed by atoms with Crippen LogP contribution in [-0.2, 0) is 11.3 Å². The first-order chi connectivity index (χ1) is 11.1. The number of aryl methyl sites for hydroxylation is 3. The van der Waals surface area contributed by atoms with Gasteiger partial charge in [0, 0.05) is 25.4 Å². The van der Waals surface area contributed by atoms with E-state index >= 15 is 0 Å². The van der Waals surface area contributed by atoms with E-state index in [2.05, 4.69) is 46.7 Å². The third-order valence-electron chi connectivity index (χ3n) is 4.54. The summed E-state index contributed by atoms with van der Waals surface area (Å²) < 4.78 is 1.68. The van der Waals surface area contributed by atoms with Crippen LogP contribution < -0.4 is 0 Å². The van der Waals surface area contributed by atoms with Crippen molar-refractivity contribution >= 4 is 5.91 Å². The number of carbonyl (C=O) groups excluding carboxylic acids is 1. The van der Waals surface area contributed by atoms with Crippen molar-refractivity contribution in [1.29, 1.82) is 0 Å². The molecule has 1 atom stereocenters. The summed E-state index contributed by atoms with van der Waals surface area (Å²) >= 11 is 0. The number of amides is 1. The molecular formula is C17H23N5O. The Kier molecular flexibility index (Phi) is 4.69. The first-order valence-electron chi connectivity index (χ1n) is 8.20. The molecule has 0 aliphatic carbocycles. The number of carbonyl (C=O) groups is 1. The summed E-state index contributed by atoms with van der Waals surface area (Å²) in [4.78, 5) is 14.5. The van der Waals surface area contributed by atoms with Gasteiger partial charge in [-0.15, -0.1) is 5.10 Å². The maximum absolute atomic E-state index is 12.5. The largest absolute Gasteiger partial charge is 0.342 e. The highest BCUT2D eigenvalue weighted by molar-refractivity contribution is 5.76. The lowest BCUT2D eigenvalue weighted by atomic mass is 9.89. The molecule has 1 aromatic carbocycles. The standard InChI is InChI=1S/C17H23N5O/c1-13-5-3-6-15(11-13)16-7-4-9-21(12-16)17(23)8-10-22-14(2)18-19-20-22/h3,5-6,11,16H,4,7-10,12H2,1-2H3. The SMILES string of the molecule is Cc1cccc(C2CCCN(C(=O)CCn3nnnc3C)C2)c1. The van der Waals surface area contributed by atoms with E-state index in [1.54, 1.807) is 4.68 Å². The lowest BCUT2D eigenvalue weighted by Gasteiger charge is -2.33. The Morgan fingerprint density at radius 1 is 1.35 bits per heavy atom. The van der Waals surface area contributed by atoms with E-state index in [0.29, 0.717) is 18.9 Å². The number of aromatic nitrogens is 4. The van der Waals surface area contributed by atoms with Gasteiger partial charge in [0.25, 0.3) is 0 Å². The van der Waals surface area contributed by atoms with E-state index in [9.17, 15) is 4.79 Å². The molecule has 122 valence electrons. The molecule has 0 radical (unpaired) electrons. The van der Waals surface area contributed by atoms with Gasteiger partial charge in [-0.3, -0.25) is 4.79 Å². The van der Waals surface area contributed by atoms with Crippen molar-refractivity contribution in [2.45, 2.75) is 45.6 Å². The summed E-state index contributed by atoms with van der Waals surface area (Å²) in [5.41, 5.74) is 2.62. The van der Waals surface area contributed by atoms with Gasteiger partial charge in [-0.25, -0.2) is 4.68 Å². The Morgan fingerprint density at radius 3 is 2.96 bits per heavy atom. The molecule has 6 heteroatoms. The molecule has 1 amide bonds. The number of benzene rings is 1. The van der Waals surface area contributed by atoms with Crippen LogP contribution in [0.25, 0.3) is 0 Å². The minimum atomic E-state index is 0.192. The smallest absolute Gasteiger partial charge is 0.224 e. The van der Waals surface area contributed by atoms with Crippen LogP contribution in [0.4, 0.5) is 0 Å². The number of likely N-dealkylation sites (tertiary alicyclic amines) is 1. The van der Waals surface area contributed by atoms with Crippen molar-refractivity contribution in [2.24, 2.45) is 0 Å². The zero-order valence-corrected chi connectivity index (χ0v) is 13.8. The maximum Gasteiger partial charge on any atom is 0.224 e. The minimum Gasteiger partial charge on any atom is -0.342 e. The Hall–Kier alpha value is -2.24. The predicted molar refractivity (Wildman–Crippen MR) is 86.9 cm³/mol. The fourth-order valence-electron chi connectivity index (χ4n) is 3.22. The molecule has 0 spiro atoms. The third-order valence-corrected chi connectivity index (χ3v) is 4.54. The quantitative estimate of drug-likeness (QED) is 0.867. The van der Waals surface area contributed by atoms with Crippen LogP contribution in [-0.4, -0.2) is 44.1 Å². The van der Waals surface area contributed by atoms with Gasteiger partial charge in [-0.1, -0.05) is 29.8 Å². The van der Waals surface area contributed by atoms with Crippen LogP contribution >= 0.6 is 0 Å². The number of hydrogen-bond donors (Lipinski definition) is 0. The summed E-state index contributed by atoms with van der Waals surface area (Å²) in [5.74, 6) is 1.38. The molecule has 1 fully saturated rings. The fraction of sp³-hybridized carbons (Fsp3) is 0.529. The number of tetrazole rings is 1. The van der Waals surface area contributed by atoms with E-state index in [-0.39, 0.29) is 5.91 Å². The van der Waals surface area contributed by atoms with E-state index in [4.69, 9.17) is 0 Å². The molecule has 6 nitrogen and oxygen atoms in total. The molecule has 1 unspecified atom stereocenters. The van der Waals surface area contributed by atoms with Gasteiger partial charge in [0.1, 0.15) is 5.82 Å². The van der Waals surface area contributed by atoms with Crippen LogP contribution in [0, 0.1) is 13.8 Å². The molecule has 0 saturated carbocycles. The molecule has 2 aromatic rings. The Balaban J connectivity index is 1.59. The van der Waals surface area contributed by atoms with Crippen LogP contribution in [0.1, 0.15) is 42.1 Å². The fourth-order valence-corrected chi connectivity index (χ4v) is 3.22. The van der Waals surface area contributed by atoms with Crippen molar-refractivity contribution in [3.63, 3.8) is 0 Å². The Morgan fingerprint density at radius 2 is 2.22 bits per heavy atom. The summed E-state index contributed by atoms with van der Waals surface area (Å²) in [6, 6.07) is 8.63. The normalized spacial score (nSPS) is 18.2. The second-order valence-corrected chi connectivity index (χ2v) is 6.29. The molecular weight excluding hydrogens is 290 g/mol. The molecule has 0 N–H and O–H groups in total. The van der Waals surface area contributed by atoms with E-state index < -0.39 is 0 Å². The second-order valence-electron chi connectivity index (χ2n) is 6.29. The highest BCUT2D eigenvalue weighted by Crippen LogP contribution is 2.27. The number of rotatable bonds is 4. The molecule has 1 aromatic heterocycles. The number of hydrogen-bond acceptors (Lipinski definition) is 4. The summed E-state index contributed by atoms with van der Waals surface area (Å²) in [6.07, 6.45) is 2.67. The predicted octanol–water partition coefficient (Wildman–Crippen LogP) is 2.09. The molecule has 1 aliphatic heterocycles. The van der Waals surface area contributed by atoms with Gasteiger partial charge in [0.05, 0.1) is 6.54 Å². The summed E-state index contributed by atoms with van der Waals surface area (Å²) in [6.45, 7) is 6.18. The zero-order chi connectivity index (χ0) is 16.2. The van der Waals surface area contributed by atoms with Crippen molar-refractivity contribution in [3.05, 3.63) is 41.2 Å². The first-order valence-corrected chi connectivity index (χ1v) is 8.20. The highest BCUT2D eigenvalue weighted by Gasteiger charge is 2.24. The average molecular weight is 313 g/mol. The van der Waals surface area contributed by atoms with Crippen molar-refractivity contribution < 1.29 is 4.79 Å².